The number of fused-ring (bicyclic) bond motifs is 1. The Morgan fingerprint density at radius 2 is 1.94 bits per heavy atom. The number of benzene rings is 1. The summed E-state index contributed by atoms with van der Waals surface area (Å²) >= 11 is 6.67. The highest BCUT2D eigenvalue weighted by Gasteiger charge is 2.23. The summed E-state index contributed by atoms with van der Waals surface area (Å²) in [5, 5.41) is 5.04. The van der Waals surface area contributed by atoms with Crippen LogP contribution in [0, 0.1) is 11.6 Å². The average Bonchev–Trinajstić information content (AvgIpc) is 3.22. The van der Waals surface area contributed by atoms with Gasteiger partial charge in [-0.1, -0.05) is 23.7 Å². The molecule has 0 saturated carbocycles. The van der Waals surface area contributed by atoms with Crippen LogP contribution in [0.25, 0.3) is 16.7 Å². The SMILES string of the molecule is Fc1ccc(CN2CC=CC(Cl)=C2c2ccnc3[nH]c(C4CCNCC4)cc23)cc1F. The predicted octanol–water partition coefficient (Wildman–Crippen LogP) is 5.29. The van der Waals surface area contributed by atoms with Crippen LogP contribution in [0.15, 0.2) is 53.7 Å². The maximum atomic E-state index is 13.8. The molecule has 1 saturated heterocycles. The minimum Gasteiger partial charge on any atom is -0.362 e. The van der Waals surface area contributed by atoms with Crippen molar-refractivity contribution in [3.05, 3.63) is 82.2 Å². The molecule has 2 aliphatic heterocycles. The first kappa shape index (κ1) is 20.2. The number of pyridine rings is 1. The molecule has 1 aromatic carbocycles. The number of H-pyrrole nitrogens is 1. The molecule has 4 heterocycles. The summed E-state index contributed by atoms with van der Waals surface area (Å²) in [6.45, 7) is 3.08. The summed E-state index contributed by atoms with van der Waals surface area (Å²) in [6.07, 6.45) is 7.84. The van der Waals surface area contributed by atoms with Crippen molar-refractivity contribution in [3.8, 4) is 0 Å². The van der Waals surface area contributed by atoms with Gasteiger partial charge in [-0.3, -0.25) is 0 Å². The van der Waals surface area contributed by atoms with E-state index in [2.05, 4.69) is 26.3 Å². The Kier molecular flexibility index (Phi) is 5.50. The fraction of sp³-hybridized carbons (Fsp3) is 0.292. The van der Waals surface area contributed by atoms with E-state index in [1.165, 1.54) is 11.8 Å². The van der Waals surface area contributed by atoms with E-state index in [4.69, 9.17) is 11.6 Å². The molecule has 4 nitrogen and oxygen atoms in total. The van der Waals surface area contributed by atoms with Gasteiger partial charge in [0.25, 0.3) is 0 Å². The third-order valence-electron chi connectivity index (χ3n) is 6.08. The van der Waals surface area contributed by atoms with Gasteiger partial charge in [-0.25, -0.2) is 13.8 Å². The van der Waals surface area contributed by atoms with Gasteiger partial charge < -0.3 is 15.2 Å². The summed E-state index contributed by atoms with van der Waals surface area (Å²) in [4.78, 5) is 10.1. The average molecular weight is 441 g/mol. The minimum atomic E-state index is -0.843. The third-order valence-corrected chi connectivity index (χ3v) is 6.38. The molecule has 0 amide bonds. The number of nitrogens with one attached hydrogen (secondary N) is 2. The molecule has 160 valence electrons. The standard InChI is InChI=1S/C24H23ClF2N4/c25-19-2-1-11-31(14-15-3-4-20(26)21(27)12-15)23(19)17-7-10-29-24-18(17)13-22(30-24)16-5-8-28-9-6-16/h1-4,7,10,12-13,16,28H,5-6,8-9,11,14H2,(H,29,30). The van der Waals surface area contributed by atoms with Crippen LogP contribution in [0.4, 0.5) is 8.78 Å². The smallest absolute Gasteiger partial charge is 0.159 e. The summed E-state index contributed by atoms with van der Waals surface area (Å²) < 4.78 is 27.1. The van der Waals surface area contributed by atoms with Gasteiger partial charge in [-0.2, -0.15) is 0 Å². The second-order valence-corrected chi connectivity index (χ2v) is 8.50. The first-order valence-electron chi connectivity index (χ1n) is 10.5. The van der Waals surface area contributed by atoms with E-state index in [1.807, 2.05) is 18.2 Å². The normalized spacial score (nSPS) is 17.7. The van der Waals surface area contributed by atoms with Gasteiger partial charge in [0, 0.05) is 41.8 Å². The number of nitrogens with zero attached hydrogens (tertiary/aromatic N) is 2. The van der Waals surface area contributed by atoms with Crippen molar-refractivity contribution in [2.45, 2.75) is 25.3 Å². The molecular formula is C24H23ClF2N4. The van der Waals surface area contributed by atoms with Crippen molar-refractivity contribution < 1.29 is 8.78 Å². The highest BCUT2D eigenvalue weighted by molar-refractivity contribution is 6.34. The molecule has 2 aromatic heterocycles. The van der Waals surface area contributed by atoms with Crippen LogP contribution in [0.3, 0.4) is 0 Å². The molecule has 0 radical (unpaired) electrons. The summed E-state index contributed by atoms with van der Waals surface area (Å²) in [6, 6.07) is 8.18. The van der Waals surface area contributed by atoms with E-state index < -0.39 is 11.6 Å². The molecule has 7 heteroatoms. The topological polar surface area (TPSA) is 44.0 Å². The lowest BCUT2D eigenvalue weighted by molar-refractivity contribution is 0.425. The van der Waals surface area contributed by atoms with Crippen molar-refractivity contribution >= 4 is 28.3 Å². The number of allylic oxidation sites excluding steroid dienone is 2. The summed E-state index contributed by atoms with van der Waals surface area (Å²) in [5.74, 6) is -1.20. The minimum absolute atomic E-state index is 0.419. The van der Waals surface area contributed by atoms with Crippen LogP contribution < -0.4 is 5.32 Å². The lowest BCUT2D eigenvalue weighted by Gasteiger charge is -2.30. The van der Waals surface area contributed by atoms with E-state index >= 15 is 0 Å². The Bertz CT molecular complexity index is 1180. The highest BCUT2D eigenvalue weighted by Crippen LogP contribution is 2.36. The summed E-state index contributed by atoms with van der Waals surface area (Å²) in [5.41, 5.74) is 4.58. The monoisotopic (exact) mass is 440 g/mol. The number of hydrogen-bond acceptors (Lipinski definition) is 3. The van der Waals surface area contributed by atoms with Crippen molar-refractivity contribution in [2.75, 3.05) is 19.6 Å². The Hall–Kier alpha value is -2.70. The van der Waals surface area contributed by atoms with E-state index in [-0.39, 0.29) is 0 Å². The molecule has 0 bridgehead atoms. The molecule has 0 spiro atoms. The van der Waals surface area contributed by atoms with E-state index in [9.17, 15) is 8.78 Å². The number of hydrogen-bond donors (Lipinski definition) is 2. The molecule has 1 fully saturated rings. The van der Waals surface area contributed by atoms with Crippen molar-refractivity contribution in [1.29, 1.82) is 0 Å². The third kappa shape index (κ3) is 3.98. The van der Waals surface area contributed by atoms with Gasteiger partial charge in [-0.05, 0) is 61.8 Å². The molecule has 2 N–H and O–H groups in total. The zero-order valence-electron chi connectivity index (χ0n) is 17.0. The molecule has 3 aromatic rings. The first-order chi connectivity index (χ1) is 15.1. The second-order valence-electron chi connectivity index (χ2n) is 8.10. The quantitative estimate of drug-likeness (QED) is 0.579. The Morgan fingerprint density at radius 3 is 2.74 bits per heavy atom. The van der Waals surface area contributed by atoms with E-state index in [1.54, 1.807) is 12.3 Å². The fourth-order valence-electron chi connectivity index (χ4n) is 4.51. The number of aromatic nitrogens is 2. The molecule has 0 atom stereocenters. The van der Waals surface area contributed by atoms with E-state index in [0.717, 1.165) is 54.3 Å². The Morgan fingerprint density at radius 1 is 1.10 bits per heavy atom. The lowest BCUT2D eigenvalue weighted by Crippen LogP contribution is -2.26. The molecule has 31 heavy (non-hydrogen) atoms. The molecule has 0 unspecified atom stereocenters. The van der Waals surface area contributed by atoms with Crippen molar-refractivity contribution in [3.63, 3.8) is 0 Å². The Balaban J connectivity index is 1.53. The first-order valence-corrected chi connectivity index (χ1v) is 10.9. The van der Waals surface area contributed by atoms with Crippen LogP contribution in [-0.4, -0.2) is 34.5 Å². The van der Waals surface area contributed by atoms with Gasteiger partial charge in [0.15, 0.2) is 11.6 Å². The van der Waals surface area contributed by atoms with Crippen molar-refractivity contribution in [1.82, 2.24) is 20.2 Å². The Labute approximate surface area is 184 Å². The van der Waals surface area contributed by atoms with Crippen molar-refractivity contribution in [2.24, 2.45) is 0 Å². The second kappa shape index (κ2) is 8.44. The number of aromatic amines is 1. The fourth-order valence-corrected chi connectivity index (χ4v) is 4.82. The number of piperidine rings is 1. The van der Waals surface area contributed by atoms with Gasteiger partial charge in [0.1, 0.15) is 5.65 Å². The van der Waals surface area contributed by atoms with Crippen LogP contribution >= 0.6 is 11.6 Å². The predicted molar refractivity (Wildman–Crippen MR) is 120 cm³/mol. The molecule has 2 aliphatic rings. The van der Waals surface area contributed by atoms with Gasteiger partial charge >= 0.3 is 0 Å². The maximum Gasteiger partial charge on any atom is 0.159 e. The zero-order valence-corrected chi connectivity index (χ0v) is 17.7. The molecule has 5 rings (SSSR count). The zero-order chi connectivity index (χ0) is 21.4. The highest BCUT2D eigenvalue weighted by atomic mass is 35.5. The largest absolute Gasteiger partial charge is 0.362 e. The van der Waals surface area contributed by atoms with Crippen LogP contribution in [0.5, 0.6) is 0 Å². The van der Waals surface area contributed by atoms with Gasteiger partial charge in [0.05, 0.1) is 10.7 Å². The molecular weight excluding hydrogens is 418 g/mol. The van der Waals surface area contributed by atoms with Crippen LogP contribution in [0.1, 0.15) is 35.6 Å². The van der Waals surface area contributed by atoms with Crippen LogP contribution in [0.2, 0.25) is 0 Å². The van der Waals surface area contributed by atoms with Gasteiger partial charge in [-0.15, -0.1) is 0 Å². The van der Waals surface area contributed by atoms with Crippen LogP contribution in [-0.2, 0) is 6.54 Å². The summed E-state index contributed by atoms with van der Waals surface area (Å²) in [7, 11) is 0. The maximum absolute atomic E-state index is 13.8. The van der Waals surface area contributed by atoms with Gasteiger partial charge in [0.2, 0.25) is 0 Å². The lowest BCUT2D eigenvalue weighted by atomic mass is 9.94. The number of rotatable bonds is 4. The number of halogens is 3. The van der Waals surface area contributed by atoms with E-state index in [0.29, 0.717) is 29.6 Å². The molecule has 0 aliphatic carbocycles.